The van der Waals surface area contributed by atoms with E-state index in [0.29, 0.717) is 26.4 Å². The topological polar surface area (TPSA) is 42.5 Å². The van der Waals surface area contributed by atoms with Crippen LogP contribution in [-0.4, -0.2) is 39.5 Å². The molecule has 0 spiro atoms. The van der Waals surface area contributed by atoms with Gasteiger partial charge in [-0.2, -0.15) is 0 Å². The fourth-order valence-electron chi connectivity index (χ4n) is 3.77. The Hall–Kier alpha value is -2.76. The molecule has 166 valence electrons. The van der Waals surface area contributed by atoms with Gasteiger partial charge in [0.05, 0.1) is 26.4 Å². The Kier molecular flexibility index (Phi) is 8.64. The van der Waals surface area contributed by atoms with Crippen LogP contribution in [0.25, 0.3) is 21.5 Å². The lowest BCUT2D eigenvalue weighted by molar-refractivity contribution is 0.0498. The van der Waals surface area contributed by atoms with Crippen LogP contribution in [0.2, 0.25) is 0 Å². The Morgan fingerprint density at radius 3 is 1.38 bits per heavy atom. The van der Waals surface area contributed by atoms with E-state index in [2.05, 4.69) is 95.6 Å². The van der Waals surface area contributed by atoms with Gasteiger partial charge < -0.3 is 20.1 Å². The standard InChI is InChI=1S/C28H32N2O2/c1-3-7-27-19-23(9-11-25(27)5-1)21-29-13-15-31-17-18-32-16-14-30-22-24-10-12-26-6-2-4-8-28(26)20-24/h1-12,19-20,29-30H,13-18,21-22H2. The normalized spacial score (nSPS) is 11.4. The maximum absolute atomic E-state index is 5.65. The summed E-state index contributed by atoms with van der Waals surface area (Å²) in [4.78, 5) is 0. The minimum absolute atomic E-state index is 0.627. The van der Waals surface area contributed by atoms with Gasteiger partial charge in [0.2, 0.25) is 0 Å². The zero-order valence-corrected chi connectivity index (χ0v) is 18.6. The monoisotopic (exact) mass is 428 g/mol. The molecule has 0 heterocycles. The fraction of sp³-hybridized carbons (Fsp3) is 0.286. The summed E-state index contributed by atoms with van der Waals surface area (Å²) < 4.78 is 11.3. The first-order chi connectivity index (χ1) is 15.9. The highest BCUT2D eigenvalue weighted by atomic mass is 16.5. The Labute approximate surface area is 190 Å². The van der Waals surface area contributed by atoms with Crippen molar-refractivity contribution >= 4 is 21.5 Å². The predicted octanol–water partition coefficient (Wildman–Crippen LogP) is 4.91. The Morgan fingerprint density at radius 2 is 0.906 bits per heavy atom. The SMILES string of the molecule is c1ccc2cc(CNCCOCCOCCNCc3ccc4ccccc4c3)ccc2c1. The van der Waals surface area contributed by atoms with Crippen molar-refractivity contribution in [3.8, 4) is 0 Å². The van der Waals surface area contributed by atoms with Gasteiger partial charge in [-0.15, -0.1) is 0 Å². The Balaban J connectivity index is 0.990. The number of fused-ring (bicyclic) bond motifs is 2. The third-order valence-electron chi connectivity index (χ3n) is 5.50. The largest absolute Gasteiger partial charge is 0.378 e. The minimum Gasteiger partial charge on any atom is -0.378 e. The molecule has 4 rings (SSSR count). The fourth-order valence-corrected chi connectivity index (χ4v) is 3.77. The first-order valence-electron chi connectivity index (χ1n) is 11.4. The second-order valence-electron chi connectivity index (χ2n) is 7.94. The highest BCUT2D eigenvalue weighted by molar-refractivity contribution is 5.83. The van der Waals surface area contributed by atoms with Crippen molar-refractivity contribution in [3.05, 3.63) is 96.1 Å². The molecule has 4 aromatic rings. The van der Waals surface area contributed by atoms with Crippen molar-refractivity contribution in [2.75, 3.05) is 39.5 Å². The number of nitrogens with one attached hydrogen (secondary N) is 2. The first kappa shape index (κ1) is 22.4. The Morgan fingerprint density at radius 1 is 0.469 bits per heavy atom. The number of ether oxygens (including phenoxy) is 2. The van der Waals surface area contributed by atoms with E-state index in [-0.39, 0.29) is 0 Å². The first-order valence-corrected chi connectivity index (χ1v) is 11.4. The lowest BCUT2D eigenvalue weighted by Crippen LogP contribution is -2.22. The van der Waals surface area contributed by atoms with Crippen LogP contribution < -0.4 is 10.6 Å². The molecule has 4 nitrogen and oxygen atoms in total. The summed E-state index contributed by atoms with van der Waals surface area (Å²) in [7, 11) is 0. The summed E-state index contributed by atoms with van der Waals surface area (Å²) in [6, 6.07) is 30.1. The van der Waals surface area contributed by atoms with E-state index in [1.165, 1.54) is 32.7 Å². The van der Waals surface area contributed by atoms with E-state index in [1.807, 2.05) is 0 Å². The van der Waals surface area contributed by atoms with Crippen LogP contribution in [0.5, 0.6) is 0 Å². The smallest absolute Gasteiger partial charge is 0.0701 e. The van der Waals surface area contributed by atoms with Gasteiger partial charge in [-0.25, -0.2) is 0 Å². The number of hydrogen-bond donors (Lipinski definition) is 2. The van der Waals surface area contributed by atoms with E-state index < -0.39 is 0 Å². The van der Waals surface area contributed by atoms with E-state index in [4.69, 9.17) is 9.47 Å². The molecule has 0 bridgehead atoms. The van der Waals surface area contributed by atoms with Crippen LogP contribution in [0, 0.1) is 0 Å². The molecule has 4 heteroatoms. The summed E-state index contributed by atoms with van der Waals surface area (Å²) in [6.07, 6.45) is 0. The highest BCUT2D eigenvalue weighted by Gasteiger charge is 1.98. The second kappa shape index (κ2) is 12.3. The third-order valence-corrected chi connectivity index (χ3v) is 5.50. The average Bonchev–Trinajstić information content (AvgIpc) is 2.84. The molecule has 0 saturated carbocycles. The second-order valence-corrected chi connectivity index (χ2v) is 7.94. The van der Waals surface area contributed by atoms with Gasteiger partial charge in [0, 0.05) is 26.2 Å². The summed E-state index contributed by atoms with van der Waals surface area (Å²) in [5.41, 5.74) is 2.59. The van der Waals surface area contributed by atoms with Crippen molar-refractivity contribution in [1.82, 2.24) is 10.6 Å². The number of rotatable bonds is 13. The van der Waals surface area contributed by atoms with Gasteiger partial charge in [0.15, 0.2) is 0 Å². The molecular weight excluding hydrogens is 396 g/mol. The van der Waals surface area contributed by atoms with Crippen LogP contribution in [0.1, 0.15) is 11.1 Å². The van der Waals surface area contributed by atoms with Gasteiger partial charge >= 0.3 is 0 Å². The van der Waals surface area contributed by atoms with Crippen LogP contribution in [-0.2, 0) is 22.6 Å². The van der Waals surface area contributed by atoms with E-state index in [0.717, 1.165) is 26.2 Å². The lowest BCUT2D eigenvalue weighted by Gasteiger charge is -2.09. The van der Waals surface area contributed by atoms with Crippen LogP contribution in [0.4, 0.5) is 0 Å². The van der Waals surface area contributed by atoms with Crippen molar-refractivity contribution in [1.29, 1.82) is 0 Å². The zero-order chi connectivity index (χ0) is 21.8. The van der Waals surface area contributed by atoms with Crippen molar-refractivity contribution in [3.63, 3.8) is 0 Å². The van der Waals surface area contributed by atoms with Gasteiger partial charge in [-0.05, 0) is 44.8 Å². The quantitative estimate of drug-likeness (QED) is 0.297. The maximum atomic E-state index is 5.65. The molecule has 2 N–H and O–H groups in total. The lowest BCUT2D eigenvalue weighted by atomic mass is 10.1. The van der Waals surface area contributed by atoms with Crippen LogP contribution in [0.15, 0.2) is 84.9 Å². The van der Waals surface area contributed by atoms with Crippen molar-refractivity contribution < 1.29 is 9.47 Å². The number of hydrogen-bond acceptors (Lipinski definition) is 4. The molecule has 0 aromatic heterocycles. The summed E-state index contributed by atoms with van der Waals surface area (Å²) in [5, 5.41) is 12.0. The molecular formula is C28H32N2O2. The van der Waals surface area contributed by atoms with Crippen molar-refractivity contribution in [2.24, 2.45) is 0 Å². The molecule has 0 fully saturated rings. The minimum atomic E-state index is 0.627. The highest BCUT2D eigenvalue weighted by Crippen LogP contribution is 2.16. The number of benzene rings is 4. The molecule has 0 unspecified atom stereocenters. The van der Waals surface area contributed by atoms with E-state index in [1.54, 1.807) is 0 Å². The van der Waals surface area contributed by atoms with E-state index >= 15 is 0 Å². The van der Waals surface area contributed by atoms with Crippen LogP contribution >= 0.6 is 0 Å². The Bertz CT molecular complexity index is 1020. The molecule has 0 aliphatic heterocycles. The molecule has 0 aliphatic carbocycles. The zero-order valence-electron chi connectivity index (χ0n) is 18.6. The van der Waals surface area contributed by atoms with Gasteiger partial charge in [-0.1, -0.05) is 72.8 Å². The molecule has 32 heavy (non-hydrogen) atoms. The summed E-state index contributed by atoms with van der Waals surface area (Å²) in [6.45, 7) is 6.01. The molecule has 4 aromatic carbocycles. The molecule has 0 amide bonds. The summed E-state index contributed by atoms with van der Waals surface area (Å²) >= 11 is 0. The molecule has 0 radical (unpaired) electrons. The van der Waals surface area contributed by atoms with Crippen LogP contribution in [0.3, 0.4) is 0 Å². The van der Waals surface area contributed by atoms with E-state index in [9.17, 15) is 0 Å². The molecule has 0 saturated heterocycles. The van der Waals surface area contributed by atoms with Crippen molar-refractivity contribution in [2.45, 2.75) is 13.1 Å². The molecule has 0 aliphatic rings. The predicted molar refractivity (Wildman–Crippen MR) is 133 cm³/mol. The maximum Gasteiger partial charge on any atom is 0.0701 e. The summed E-state index contributed by atoms with van der Waals surface area (Å²) in [5.74, 6) is 0. The van der Waals surface area contributed by atoms with Gasteiger partial charge in [-0.3, -0.25) is 0 Å². The molecule has 0 atom stereocenters. The third kappa shape index (κ3) is 6.87. The van der Waals surface area contributed by atoms with Gasteiger partial charge in [0.1, 0.15) is 0 Å². The van der Waals surface area contributed by atoms with Gasteiger partial charge in [0.25, 0.3) is 0 Å². The average molecular weight is 429 g/mol.